The molecular weight excluding hydrogens is 291 g/mol. The molecule has 0 fully saturated rings. The molecule has 0 aliphatic rings. The van der Waals surface area contributed by atoms with Gasteiger partial charge in [0, 0.05) is 17.2 Å². The van der Waals surface area contributed by atoms with Crippen LogP contribution in [0.2, 0.25) is 0 Å². The molecule has 0 spiro atoms. The lowest BCUT2D eigenvalue weighted by molar-refractivity contribution is -0.274. The van der Waals surface area contributed by atoms with Crippen LogP contribution >= 0.6 is 0 Å². The van der Waals surface area contributed by atoms with E-state index >= 15 is 0 Å². The van der Waals surface area contributed by atoms with Crippen LogP contribution in [-0.4, -0.2) is 6.36 Å². The fourth-order valence-corrected chi connectivity index (χ4v) is 1.77. The molecule has 0 saturated carbocycles. The predicted molar refractivity (Wildman–Crippen MR) is 66.4 cm³/mol. The third-order valence-electron chi connectivity index (χ3n) is 2.55. The lowest BCUT2D eigenvalue weighted by Crippen LogP contribution is -2.17. The van der Waals surface area contributed by atoms with Crippen LogP contribution in [0.3, 0.4) is 0 Å². The van der Waals surface area contributed by atoms with E-state index in [1.807, 2.05) is 0 Å². The van der Waals surface area contributed by atoms with Gasteiger partial charge in [-0.05, 0) is 35.9 Å². The molecule has 108 valence electrons. The van der Waals surface area contributed by atoms with Gasteiger partial charge in [-0.3, -0.25) is 0 Å². The largest absolute Gasteiger partial charge is 0.573 e. The first-order chi connectivity index (χ1) is 9.78. The van der Waals surface area contributed by atoms with Crippen LogP contribution in [0, 0.1) is 24.0 Å². The number of ether oxygens (including phenoxy) is 1. The van der Waals surface area contributed by atoms with Crippen LogP contribution in [0.5, 0.6) is 5.75 Å². The van der Waals surface area contributed by atoms with E-state index in [-0.39, 0.29) is 16.7 Å². The smallest absolute Gasteiger partial charge is 0.405 e. The molecule has 0 heterocycles. The Labute approximate surface area is 117 Å². The monoisotopic (exact) mass is 298 g/mol. The lowest BCUT2D eigenvalue weighted by Gasteiger charge is -2.14. The van der Waals surface area contributed by atoms with Crippen LogP contribution in [0.1, 0.15) is 5.56 Å². The van der Waals surface area contributed by atoms with Crippen molar-refractivity contribution in [2.45, 2.75) is 6.36 Å². The quantitative estimate of drug-likeness (QED) is 0.585. The summed E-state index contributed by atoms with van der Waals surface area (Å²) in [5, 5.41) is 0. The Kier molecular flexibility index (Phi) is 3.85. The van der Waals surface area contributed by atoms with Gasteiger partial charge in [-0.2, -0.15) is 0 Å². The Hall–Kier alpha value is -2.55. The number of halogens is 5. The molecule has 0 amide bonds. The van der Waals surface area contributed by atoms with Crippen LogP contribution in [0.25, 0.3) is 11.1 Å². The highest BCUT2D eigenvalue weighted by Crippen LogP contribution is 2.35. The fourth-order valence-electron chi connectivity index (χ4n) is 1.77. The van der Waals surface area contributed by atoms with Gasteiger partial charge in [0.15, 0.2) is 0 Å². The summed E-state index contributed by atoms with van der Waals surface area (Å²) < 4.78 is 67.4. The van der Waals surface area contributed by atoms with Crippen molar-refractivity contribution in [3.63, 3.8) is 0 Å². The van der Waals surface area contributed by atoms with Crippen molar-refractivity contribution >= 4 is 0 Å². The fraction of sp³-hybridized carbons (Fsp3) is 0.0667. The third-order valence-corrected chi connectivity index (χ3v) is 2.55. The normalized spacial score (nSPS) is 11.0. The maximum absolute atomic E-state index is 13.2. The molecule has 2 rings (SSSR count). The summed E-state index contributed by atoms with van der Waals surface area (Å²) in [6.07, 6.45) is 0.240. The van der Waals surface area contributed by atoms with Crippen LogP contribution in [0.15, 0.2) is 36.4 Å². The van der Waals surface area contributed by atoms with Crippen LogP contribution in [0.4, 0.5) is 22.0 Å². The molecule has 0 radical (unpaired) electrons. The Bertz CT molecular complexity index is 693. The van der Waals surface area contributed by atoms with Crippen molar-refractivity contribution in [1.82, 2.24) is 0 Å². The highest BCUT2D eigenvalue weighted by atomic mass is 19.4. The minimum absolute atomic E-state index is 0.108. The molecule has 0 saturated heterocycles. The first-order valence-electron chi connectivity index (χ1n) is 5.61. The van der Waals surface area contributed by atoms with Gasteiger partial charge in [0.2, 0.25) is 0 Å². The first-order valence-corrected chi connectivity index (χ1v) is 5.61. The summed E-state index contributed by atoms with van der Waals surface area (Å²) in [5.74, 6) is -0.203. The molecule has 6 heteroatoms. The zero-order valence-electron chi connectivity index (χ0n) is 10.3. The van der Waals surface area contributed by atoms with Gasteiger partial charge < -0.3 is 4.74 Å². The zero-order chi connectivity index (χ0) is 15.6. The van der Waals surface area contributed by atoms with E-state index < -0.39 is 23.7 Å². The Morgan fingerprint density at radius 1 is 0.952 bits per heavy atom. The minimum atomic E-state index is -4.93. The van der Waals surface area contributed by atoms with Crippen LogP contribution in [-0.2, 0) is 0 Å². The number of benzene rings is 2. The highest BCUT2D eigenvalue weighted by molar-refractivity contribution is 5.72. The molecule has 0 atom stereocenters. The zero-order valence-corrected chi connectivity index (χ0v) is 10.3. The second-order valence-electron chi connectivity index (χ2n) is 4.06. The summed E-state index contributed by atoms with van der Waals surface area (Å²) in [6.45, 7) is 0. The lowest BCUT2D eigenvalue weighted by atomic mass is 10.0. The average molecular weight is 298 g/mol. The summed E-state index contributed by atoms with van der Waals surface area (Å²) in [4.78, 5) is 0. The maximum atomic E-state index is 13.2. The predicted octanol–water partition coefficient (Wildman–Crippen LogP) is 4.51. The van der Waals surface area contributed by atoms with Crippen molar-refractivity contribution in [3.8, 4) is 29.2 Å². The molecule has 2 aromatic rings. The summed E-state index contributed by atoms with van der Waals surface area (Å²) in [6, 6.07) is 5.82. The van der Waals surface area contributed by atoms with Crippen molar-refractivity contribution in [3.05, 3.63) is 53.6 Å². The highest BCUT2D eigenvalue weighted by Gasteiger charge is 2.32. The molecule has 0 unspecified atom stereocenters. The number of terminal acetylenes is 1. The van der Waals surface area contributed by atoms with E-state index in [1.54, 1.807) is 0 Å². The summed E-state index contributed by atoms with van der Waals surface area (Å²) in [7, 11) is 0. The first kappa shape index (κ1) is 14.9. The van der Waals surface area contributed by atoms with Crippen molar-refractivity contribution in [1.29, 1.82) is 0 Å². The van der Waals surface area contributed by atoms with Crippen molar-refractivity contribution < 1.29 is 26.7 Å². The van der Waals surface area contributed by atoms with Gasteiger partial charge in [0.1, 0.15) is 17.4 Å². The topological polar surface area (TPSA) is 9.23 Å². The molecule has 21 heavy (non-hydrogen) atoms. The number of hydrogen-bond donors (Lipinski definition) is 0. The third kappa shape index (κ3) is 3.72. The maximum Gasteiger partial charge on any atom is 0.573 e. The van der Waals surface area contributed by atoms with Crippen molar-refractivity contribution in [2.75, 3.05) is 0 Å². The Morgan fingerprint density at radius 2 is 1.57 bits per heavy atom. The van der Waals surface area contributed by atoms with E-state index in [9.17, 15) is 22.0 Å². The summed E-state index contributed by atoms with van der Waals surface area (Å²) in [5.41, 5.74) is -0.00535. The second kappa shape index (κ2) is 5.44. The number of rotatable bonds is 2. The molecule has 0 aromatic heterocycles. The Morgan fingerprint density at radius 3 is 2.10 bits per heavy atom. The van der Waals surface area contributed by atoms with Crippen molar-refractivity contribution in [2.24, 2.45) is 0 Å². The average Bonchev–Trinajstić information content (AvgIpc) is 2.36. The molecule has 0 bridgehead atoms. The molecule has 0 aliphatic heterocycles. The van der Waals surface area contributed by atoms with Gasteiger partial charge in [0.05, 0.1) is 0 Å². The molecule has 2 aromatic carbocycles. The van der Waals surface area contributed by atoms with E-state index in [1.165, 1.54) is 12.1 Å². The van der Waals surface area contributed by atoms with E-state index in [0.29, 0.717) is 6.07 Å². The second-order valence-corrected chi connectivity index (χ2v) is 4.06. The Balaban J connectivity index is 2.61. The van der Waals surface area contributed by atoms with Gasteiger partial charge >= 0.3 is 6.36 Å². The van der Waals surface area contributed by atoms with E-state index in [2.05, 4.69) is 10.7 Å². The van der Waals surface area contributed by atoms with Gasteiger partial charge in [-0.15, -0.1) is 19.6 Å². The van der Waals surface area contributed by atoms with Crippen LogP contribution < -0.4 is 4.74 Å². The van der Waals surface area contributed by atoms with Gasteiger partial charge in [-0.1, -0.05) is 5.92 Å². The summed E-state index contributed by atoms with van der Waals surface area (Å²) >= 11 is 0. The SMILES string of the molecule is C#Cc1ccc(OC(F)(F)F)c(-c2cc(F)cc(F)c2)c1. The minimum Gasteiger partial charge on any atom is -0.405 e. The van der Waals surface area contributed by atoms with E-state index in [0.717, 1.165) is 18.2 Å². The van der Waals surface area contributed by atoms with E-state index in [4.69, 9.17) is 6.42 Å². The standard InChI is InChI=1S/C15H7F5O/c1-2-9-3-4-14(21-15(18,19)20)13(5-9)10-6-11(16)8-12(17)7-10/h1,3-8H. The van der Waals surface area contributed by atoms with Gasteiger partial charge in [-0.25, -0.2) is 8.78 Å². The molecule has 0 N–H and O–H groups in total. The molecule has 1 nitrogen and oxygen atoms in total. The number of hydrogen-bond acceptors (Lipinski definition) is 1. The molecule has 0 aliphatic carbocycles. The number of alkyl halides is 3. The van der Waals surface area contributed by atoms with Gasteiger partial charge in [0.25, 0.3) is 0 Å². The molecular formula is C15H7F5O.